The minimum atomic E-state index is 0.0453. The fourth-order valence-corrected chi connectivity index (χ4v) is 6.77. The van der Waals surface area contributed by atoms with E-state index in [1.807, 2.05) is 18.7 Å². The van der Waals surface area contributed by atoms with E-state index in [0.717, 1.165) is 48.9 Å². The number of aryl methyl sites for hydroxylation is 1. The zero-order chi connectivity index (χ0) is 23.1. The monoisotopic (exact) mass is 487 g/mol. The average molecular weight is 488 g/mol. The second-order valence-electron chi connectivity index (χ2n) is 9.07. The lowest BCUT2D eigenvalue weighted by atomic mass is 9.89. The van der Waals surface area contributed by atoms with Crippen LogP contribution in [0.1, 0.15) is 42.5 Å². The molecular weight excluding hydrogens is 458 g/mol. The Hall–Kier alpha value is -2.24. The van der Waals surface area contributed by atoms with Gasteiger partial charge in [0, 0.05) is 25.6 Å². The van der Waals surface area contributed by atoms with Crippen molar-refractivity contribution in [3.63, 3.8) is 0 Å². The number of hydrogen-bond acceptors (Lipinski definition) is 10. The topological polar surface area (TPSA) is 112 Å². The van der Waals surface area contributed by atoms with Gasteiger partial charge in [0.2, 0.25) is 11.9 Å². The molecule has 33 heavy (non-hydrogen) atoms. The summed E-state index contributed by atoms with van der Waals surface area (Å²) in [7, 11) is 3.72. The standard InChI is InChI=1S/C22H29N7O2S2/c1-12-6-7-14-15(9-12)33-18-17(14)19(30)29(10-13-5-4-8-31-13)22(26-18)32-11-16-24-20(23)27-21(25-16)28(2)3/h12-13H,4-11H2,1-3H3,(H2,23,24,25,27). The zero-order valence-electron chi connectivity index (χ0n) is 19.2. The van der Waals surface area contributed by atoms with Crippen LogP contribution in [0.15, 0.2) is 9.95 Å². The maximum Gasteiger partial charge on any atom is 0.263 e. The molecule has 2 unspecified atom stereocenters. The number of ether oxygens (including phenoxy) is 1. The predicted octanol–water partition coefficient (Wildman–Crippen LogP) is 2.89. The van der Waals surface area contributed by atoms with Crippen molar-refractivity contribution in [3.05, 3.63) is 26.6 Å². The predicted molar refractivity (Wildman–Crippen MR) is 132 cm³/mol. The van der Waals surface area contributed by atoms with Crippen molar-refractivity contribution in [2.24, 2.45) is 5.92 Å². The Morgan fingerprint density at radius 1 is 1.24 bits per heavy atom. The number of thiophene rings is 1. The van der Waals surface area contributed by atoms with Gasteiger partial charge < -0.3 is 15.4 Å². The van der Waals surface area contributed by atoms with Gasteiger partial charge in [-0.05, 0) is 43.6 Å². The number of hydrogen-bond donors (Lipinski definition) is 1. The number of nitrogens with zero attached hydrogens (tertiary/aromatic N) is 6. The van der Waals surface area contributed by atoms with Gasteiger partial charge in [-0.25, -0.2) is 4.98 Å². The van der Waals surface area contributed by atoms with Crippen molar-refractivity contribution in [2.45, 2.75) is 62.6 Å². The molecule has 1 fully saturated rings. The van der Waals surface area contributed by atoms with Crippen molar-refractivity contribution in [3.8, 4) is 0 Å². The molecular formula is C22H29N7O2S2. The van der Waals surface area contributed by atoms with Crippen LogP contribution in [0.4, 0.5) is 11.9 Å². The van der Waals surface area contributed by atoms with Crippen LogP contribution in [0, 0.1) is 5.92 Å². The van der Waals surface area contributed by atoms with Gasteiger partial charge in [0.15, 0.2) is 5.16 Å². The van der Waals surface area contributed by atoms with Gasteiger partial charge in [0.05, 0.1) is 23.8 Å². The Kier molecular flexibility index (Phi) is 6.28. The van der Waals surface area contributed by atoms with Gasteiger partial charge in [-0.2, -0.15) is 15.0 Å². The van der Waals surface area contributed by atoms with E-state index in [0.29, 0.717) is 35.1 Å². The van der Waals surface area contributed by atoms with Gasteiger partial charge in [-0.1, -0.05) is 18.7 Å². The average Bonchev–Trinajstić information content (AvgIpc) is 3.41. The highest BCUT2D eigenvalue weighted by Gasteiger charge is 2.26. The Morgan fingerprint density at radius 3 is 2.85 bits per heavy atom. The molecule has 176 valence electrons. The number of fused-ring (bicyclic) bond motifs is 3. The largest absolute Gasteiger partial charge is 0.376 e. The van der Waals surface area contributed by atoms with Gasteiger partial charge in [0.25, 0.3) is 5.56 Å². The van der Waals surface area contributed by atoms with E-state index in [1.165, 1.54) is 22.2 Å². The molecule has 1 aliphatic carbocycles. The third-order valence-electron chi connectivity index (χ3n) is 6.21. The Balaban J connectivity index is 1.53. The van der Waals surface area contributed by atoms with Crippen molar-refractivity contribution in [1.82, 2.24) is 24.5 Å². The first kappa shape index (κ1) is 22.5. The molecule has 9 nitrogen and oxygen atoms in total. The summed E-state index contributed by atoms with van der Waals surface area (Å²) < 4.78 is 7.67. The van der Waals surface area contributed by atoms with Crippen LogP contribution >= 0.6 is 23.1 Å². The second kappa shape index (κ2) is 9.19. The number of thioether (sulfide) groups is 1. The van der Waals surface area contributed by atoms with E-state index in [4.69, 9.17) is 15.5 Å². The third-order valence-corrected chi connectivity index (χ3v) is 8.33. The summed E-state index contributed by atoms with van der Waals surface area (Å²) in [5, 5.41) is 1.49. The molecule has 1 saturated heterocycles. The van der Waals surface area contributed by atoms with Crippen LogP contribution in [0.25, 0.3) is 10.2 Å². The molecule has 0 radical (unpaired) electrons. The first-order valence-electron chi connectivity index (χ1n) is 11.4. The summed E-state index contributed by atoms with van der Waals surface area (Å²) in [6.45, 7) is 3.55. The fraction of sp³-hybridized carbons (Fsp3) is 0.591. The van der Waals surface area contributed by atoms with Crippen molar-refractivity contribution < 1.29 is 4.74 Å². The summed E-state index contributed by atoms with van der Waals surface area (Å²) >= 11 is 3.14. The maximum atomic E-state index is 13.8. The Morgan fingerprint density at radius 2 is 2.09 bits per heavy atom. The van der Waals surface area contributed by atoms with Crippen LogP contribution < -0.4 is 16.2 Å². The molecule has 4 heterocycles. The summed E-state index contributed by atoms with van der Waals surface area (Å²) in [6.07, 6.45) is 5.14. The zero-order valence-corrected chi connectivity index (χ0v) is 20.8. The van der Waals surface area contributed by atoms with Crippen molar-refractivity contribution in [1.29, 1.82) is 0 Å². The highest BCUT2D eigenvalue weighted by atomic mass is 32.2. The van der Waals surface area contributed by atoms with E-state index in [9.17, 15) is 4.79 Å². The van der Waals surface area contributed by atoms with Crippen molar-refractivity contribution >= 4 is 45.2 Å². The molecule has 2 N–H and O–H groups in total. The molecule has 1 aliphatic heterocycles. The minimum absolute atomic E-state index is 0.0453. The molecule has 0 spiro atoms. The number of nitrogen functional groups attached to an aromatic ring is 1. The second-order valence-corrected chi connectivity index (χ2v) is 11.1. The Labute approximate surface area is 200 Å². The minimum Gasteiger partial charge on any atom is -0.376 e. The molecule has 0 aromatic carbocycles. The van der Waals surface area contributed by atoms with Crippen molar-refractivity contribution in [2.75, 3.05) is 31.3 Å². The van der Waals surface area contributed by atoms with E-state index in [1.54, 1.807) is 16.2 Å². The SMILES string of the molecule is CC1CCc2c(sc3nc(SCc4nc(N)nc(N(C)C)n4)n(CC4CCCO4)c(=O)c23)C1. The quantitative estimate of drug-likeness (QED) is 0.414. The lowest BCUT2D eigenvalue weighted by molar-refractivity contribution is 0.0937. The van der Waals surface area contributed by atoms with Gasteiger partial charge >= 0.3 is 0 Å². The molecule has 3 aromatic rings. The Bertz CT molecular complexity index is 1230. The molecule has 0 saturated carbocycles. The maximum absolute atomic E-state index is 13.8. The van der Waals surface area contributed by atoms with Crippen LogP contribution in [-0.4, -0.2) is 51.3 Å². The van der Waals surface area contributed by atoms with E-state index in [2.05, 4.69) is 21.9 Å². The first-order valence-corrected chi connectivity index (χ1v) is 13.2. The third kappa shape index (κ3) is 4.58. The number of nitrogens with two attached hydrogens (primary N) is 1. The van der Waals surface area contributed by atoms with Gasteiger partial charge in [-0.3, -0.25) is 9.36 Å². The molecule has 2 atom stereocenters. The van der Waals surface area contributed by atoms with Gasteiger partial charge in [0.1, 0.15) is 10.7 Å². The summed E-state index contributed by atoms with van der Waals surface area (Å²) in [6, 6.07) is 0. The summed E-state index contributed by atoms with van der Waals surface area (Å²) in [5.41, 5.74) is 7.15. The van der Waals surface area contributed by atoms with Crippen LogP contribution in [0.3, 0.4) is 0 Å². The summed E-state index contributed by atoms with van der Waals surface area (Å²) in [5.74, 6) is 2.35. The lowest BCUT2D eigenvalue weighted by Gasteiger charge is -2.18. The van der Waals surface area contributed by atoms with E-state index < -0.39 is 0 Å². The molecule has 3 aromatic heterocycles. The van der Waals surface area contributed by atoms with Gasteiger partial charge in [-0.15, -0.1) is 11.3 Å². The number of rotatable bonds is 6. The van der Waals surface area contributed by atoms with Crippen LogP contribution in [0.2, 0.25) is 0 Å². The molecule has 0 amide bonds. The normalized spacial score (nSPS) is 20.3. The highest BCUT2D eigenvalue weighted by Crippen LogP contribution is 2.37. The smallest absolute Gasteiger partial charge is 0.263 e. The number of aromatic nitrogens is 5. The van der Waals surface area contributed by atoms with Crippen LogP contribution in [-0.2, 0) is 29.9 Å². The molecule has 11 heteroatoms. The molecule has 0 bridgehead atoms. The van der Waals surface area contributed by atoms with E-state index in [-0.39, 0.29) is 17.6 Å². The van der Waals surface area contributed by atoms with E-state index >= 15 is 0 Å². The number of anilines is 2. The first-order chi connectivity index (χ1) is 15.9. The molecule has 5 rings (SSSR count). The fourth-order valence-electron chi connectivity index (χ4n) is 4.49. The molecule has 2 aliphatic rings. The van der Waals surface area contributed by atoms with Crippen LogP contribution in [0.5, 0.6) is 0 Å². The highest BCUT2D eigenvalue weighted by molar-refractivity contribution is 7.98. The summed E-state index contributed by atoms with van der Waals surface area (Å²) in [4.78, 5) is 35.6. The lowest BCUT2D eigenvalue weighted by Crippen LogP contribution is -2.29.